The average Bonchev–Trinajstić information content (AvgIpc) is 2.77. The monoisotopic (exact) mass is 259 g/mol. The normalized spacial score (nSPS) is 22.7. The molecule has 5 heteroatoms. The topological polar surface area (TPSA) is 68.2 Å². The van der Waals surface area contributed by atoms with E-state index in [1.807, 2.05) is 10.7 Å². The van der Waals surface area contributed by atoms with E-state index in [9.17, 15) is 0 Å². The molecule has 0 bridgehead atoms. The zero-order chi connectivity index (χ0) is 13.4. The van der Waals surface area contributed by atoms with E-state index in [-0.39, 0.29) is 0 Å². The van der Waals surface area contributed by atoms with Gasteiger partial charge in [0.15, 0.2) is 5.82 Å². The van der Waals surface area contributed by atoms with E-state index in [4.69, 9.17) is 5.73 Å². The molecule has 0 aliphatic heterocycles. The first kappa shape index (κ1) is 12.4. The Labute approximate surface area is 113 Å². The number of anilines is 1. The van der Waals surface area contributed by atoms with Crippen LogP contribution in [0.15, 0.2) is 18.5 Å². The van der Waals surface area contributed by atoms with Gasteiger partial charge in [0.05, 0.1) is 5.69 Å². The van der Waals surface area contributed by atoms with Gasteiger partial charge in [0.1, 0.15) is 5.52 Å². The first-order valence-corrected chi connectivity index (χ1v) is 6.97. The van der Waals surface area contributed by atoms with Crippen LogP contribution < -0.4 is 11.1 Å². The molecule has 3 N–H and O–H groups in total. The highest BCUT2D eigenvalue weighted by atomic mass is 15.2. The van der Waals surface area contributed by atoms with Crippen molar-refractivity contribution in [3.63, 3.8) is 0 Å². The Morgan fingerprint density at radius 3 is 2.95 bits per heavy atom. The molecule has 0 radical (unpaired) electrons. The molecule has 1 fully saturated rings. The number of nitrogens with zero attached hydrogens (tertiary/aromatic N) is 3. The summed E-state index contributed by atoms with van der Waals surface area (Å²) < 4.78 is 1.90. The van der Waals surface area contributed by atoms with Gasteiger partial charge in [0, 0.05) is 25.0 Å². The number of nitrogens with two attached hydrogens (primary N) is 1. The van der Waals surface area contributed by atoms with Crippen molar-refractivity contribution in [2.45, 2.75) is 38.6 Å². The number of hydrogen-bond donors (Lipinski definition) is 2. The summed E-state index contributed by atoms with van der Waals surface area (Å²) in [6.45, 7) is 5.25. The quantitative estimate of drug-likeness (QED) is 0.881. The third-order valence-corrected chi connectivity index (χ3v) is 3.83. The summed E-state index contributed by atoms with van der Waals surface area (Å²) in [6, 6.07) is 2.52. The lowest BCUT2D eigenvalue weighted by Gasteiger charge is -2.32. The SMILES string of the molecule is CC(C)c1cc2c(NCC3CC(N)C3)nccn2n1. The van der Waals surface area contributed by atoms with E-state index in [0.29, 0.717) is 17.9 Å². The molecule has 19 heavy (non-hydrogen) atoms. The minimum atomic E-state index is 0.401. The molecular weight excluding hydrogens is 238 g/mol. The molecule has 0 spiro atoms. The van der Waals surface area contributed by atoms with Crippen molar-refractivity contribution in [3.05, 3.63) is 24.2 Å². The Bertz CT molecular complexity index is 568. The smallest absolute Gasteiger partial charge is 0.152 e. The summed E-state index contributed by atoms with van der Waals surface area (Å²) in [7, 11) is 0. The highest BCUT2D eigenvalue weighted by Crippen LogP contribution is 2.26. The minimum absolute atomic E-state index is 0.401. The van der Waals surface area contributed by atoms with Gasteiger partial charge in [-0.2, -0.15) is 5.10 Å². The van der Waals surface area contributed by atoms with Gasteiger partial charge in [-0.25, -0.2) is 9.50 Å². The van der Waals surface area contributed by atoms with Crippen LogP contribution in [0.5, 0.6) is 0 Å². The molecule has 1 aliphatic carbocycles. The lowest BCUT2D eigenvalue weighted by molar-refractivity contribution is 0.280. The van der Waals surface area contributed by atoms with Crippen LogP contribution in [0.1, 0.15) is 38.3 Å². The van der Waals surface area contributed by atoms with Crippen LogP contribution in [-0.2, 0) is 0 Å². The summed E-state index contributed by atoms with van der Waals surface area (Å²) in [6.07, 6.45) is 5.92. The van der Waals surface area contributed by atoms with E-state index in [1.165, 1.54) is 0 Å². The van der Waals surface area contributed by atoms with Crippen LogP contribution in [0.25, 0.3) is 5.52 Å². The maximum Gasteiger partial charge on any atom is 0.152 e. The van der Waals surface area contributed by atoms with Gasteiger partial charge in [-0.1, -0.05) is 13.8 Å². The molecule has 2 heterocycles. The molecule has 102 valence electrons. The molecule has 1 aliphatic rings. The van der Waals surface area contributed by atoms with Gasteiger partial charge >= 0.3 is 0 Å². The second-order valence-corrected chi connectivity index (χ2v) is 5.81. The Kier molecular flexibility index (Phi) is 3.14. The molecule has 2 aromatic heterocycles. The molecule has 0 amide bonds. The van der Waals surface area contributed by atoms with Crippen molar-refractivity contribution in [2.24, 2.45) is 11.7 Å². The first-order valence-electron chi connectivity index (χ1n) is 6.97. The summed E-state index contributed by atoms with van der Waals surface area (Å²) in [5, 5.41) is 8.00. The highest BCUT2D eigenvalue weighted by molar-refractivity contribution is 5.67. The van der Waals surface area contributed by atoms with Crippen molar-refractivity contribution < 1.29 is 0 Å². The van der Waals surface area contributed by atoms with Gasteiger partial charge in [0.2, 0.25) is 0 Å². The summed E-state index contributed by atoms with van der Waals surface area (Å²) in [5.41, 5.74) is 7.96. The van der Waals surface area contributed by atoms with Crippen molar-refractivity contribution in [3.8, 4) is 0 Å². The molecule has 2 aromatic rings. The lowest BCUT2D eigenvalue weighted by Crippen LogP contribution is -2.39. The molecule has 5 nitrogen and oxygen atoms in total. The predicted molar refractivity (Wildman–Crippen MR) is 76.3 cm³/mol. The van der Waals surface area contributed by atoms with Crippen molar-refractivity contribution >= 4 is 11.3 Å². The second kappa shape index (κ2) is 4.81. The maximum absolute atomic E-state index is 5.81. The molecule has 0 saturated heterocycles. The van der Waals surface area contributed by atoms with Gasteiger partial charge in [-0.3, -0.25) is 0 Å². The van der Waals surface area contributed by atoms with Crippen LogP contribution >= 0.6 is 0 Å². The fourth-order valence-corrected chi connectivity index (χ4v) is 2.55. The predicted octanol–water partition coefficient (Wildman–Crippen LogP) is 2.00. The summed E-state index contributed by atoms with van der Waals surface area (Å²) in [5.74, 6) is 2.03. The van der Waals surface area contributed by atoms with E-state index in [2.05, 4.69) is 35.3 Å². The largest absolute Gasteiger partial charge is 0.368 e. The van der Waals surface area contributed by atoms with Crippen LogP contribution in [0.2, 0.25) is 0 Å². The third kappa shape index (κ3) is 2.42. The van der Waals surface area contributed by atoms with Crippen molar-refractivity contribution in [2.75, 3.05) is 11.9 Å². The molecule has 0 unspecified atom stereocenters. The Hall–Kier alpha value is -1.62. The molecular formula is C14H21N5. The Balaban J connectivity index is 1.78. The highest BCUT2D eigenvalue weighted by Gasteiger charge is 2.25. The van der Waals surface area contributed by atoms with E-state index in [1.54, 1.807) is 6.20 Å². The van der Waals surface area contributed by atoms with Gasteiger partial charge < -0.3 is 11.1 Å². The van der Waals surface area contributed by atoms with E-state index >= 15 is 0 Å². The Morgan fingerprint density at radius 2 is 2.26 bits per heavy atom. The van der Waals surface area contributed by atoms with Gasteiger partial charge in [-0.05, 0) is 30.7 Å². The zero-order valence-electron chi connectivity index (χ0n) is 11.5. The molecule has 0 atom stereocenters. The third-order valence-electron chi connectivity index (χ3n) is 3.83. The number of hydrogen-bond acceptors (Lipinski definition) is 4. The standard InChI is InChI=1S/C14H21N5/c1-9(2)12-7-13-14(16-3-4-19(13)18-12)17-8-10-5-11(15)6-10/h3-4,7,9-11H,5-6,8,15H2,1-2H3,(H,16,17). The maximum atomic E-state index is 5.81. The lowest BCUT2D eigenvalue weighted by atomic mass is 9.81. The molecule has 3 rings (SSSR count). The van der Waals surface area contributed by atoms with Gasteiger partial charge in [0.25, 0.3) is 0 Å². The number of aromatic nitrogens is 3. The van der Waals surface area contributed by atoms with Crippen LogP contribution in [0, 0.1) is 5.92 Å². The van der Waals surface area contributed by atoms with Crippen molar-refractivity contribution in [1.29, 1.82) is 0 Å². The zero-order valence-corrected chi connectivity index (χ0v) is 11.5. The minimum Gasteiger partial charge on any atom is -0.368 e. The number of nitrogens with one attached hydrogen (secondary N) is 1. The average molecular weight is 259 g/mol. The summed E-state index contributed by atoms with van der Waals surface area (Å²) in [4.78, 5) is 4.43. The van der Waals surface area contributed by atoms with Crippen LogP contribution in [0.3, 0.4) is 0 Å². The fourth-order valence-electron chi connectivity index (χ4n) is 2.55. The second-order valence-electron chi connectivity index (χ2n) is 5.81. The summed E-state index contributed by atoms with van der Waals surface area (Å²) >= 11 is 0. The molecule has 1 saturated carbocycles. The Morgan fingerprint density at radius 1 is 1.47 bits per heavy atom. The number of rotatable bonds is 4. The van der Waals surface area contributed by atoms with E-state index < -0.39 is 0 Å². The number of fused-ring (bicyclic) bond motifs is 1. The van der Waals surface area contributed by atoms with E-state index in [0.717, 1.165) is 36.4 Å². The van der Waals surface area contributed by atoms with Gasteiger partial charge in [-0.15, -0.1) is 0 Å². The van der Waals surface area contributed by atoms with Crippen molar-refractivity contribution in [1.82, 2.24) is 14.6 Å². The van der Waals surface area contributed by atoms with Crippen LogP contribution in [0.4, 0.5) is 5.82 Å². The first-order chi connectivity index (χ1) is 9.13. The fraction of sp³-hybridized carbons (Fsp3) is 0.571. The molecule has 0 aromatic carbocycles. The van der Waals surface area contributed by atoms with Crippen LogP contribution in [-0.4, -0.2) is 27.2 Å².